The Morgan fingerprint density at radius 2 is 1.97 bits per heavy atom. The summed E-state index contributed by atoms with van der Waals surface area (Å²) in [6.07, 6.45) is 0.0435. The lowest BCUT2D eigenvalue weighted by Gasteiger charge is -2.22. The van der Waals surface area contributed by atoms with Gasteiger partial charge in [0.15, 0.2) is 0 Å². The van der Waals surface area contributed by atoms with E-state index in [1.165, 1.54) is 11.8 Å². The van der Waals surface area contributed by atoms with E-state index in [1.807, 2.05) is 11.0 Å². The minimum absolute atomic E-state index is 0.110. The quantitative estimate of drug-likeness (QED) is 0.356. The van der Waals surface area contributed by atoms with Gasteiger partial charge in [-0.05, 0) is 41.8 Å². The minimum atomic E-state index is -0.519. The summed E-state index contributed by atoms with van der Waals surface area (Å²) in [6, 6.07) is 18.7. The maximum atomic E-state index is 12.1. The first-order chi connectivity index (χ1) is 18.5. The predicted molar refractivity (Wildman–Crippen MR) is 144 cm³/mol. The van der Waals surface area contributed by atoms with Crippen molar-refractivity contribution < 1.29 is 19.7 Å². The van der Waals surface area contributed by atoms with Crippen LogP contribution in [-0.4, -0.2) is 60.6 Å². The number of carbonyl (C=O) groups is 1. The fourth-order valence-corrected chi connectivity index (χ4v) is 5.22. The average molecular weight is 530 g/mol. The number of aliphatic hydroxyl groups is 2. The number of pyridine rings is 1. The normalized spacial score (nSPS) is 14.6. The number of benzene rings is 2. The Morgan fingerprint density at radius 1 is 1.21 bits per heavy atom. The summed E-state index contributed by atoms with van der Waals surface area (Å²) >= 11 is 1.35. The Morgan fingerprint density at radius 3 is 2.61 bits per heavy atom. The van der Waals surface area contributed by atoms with E-state index in [-0.39, 0.29) is 30.2 Å². The molecule has 1 aromatic heterocycles. The summed E-state index contributed by atoms with van der Waals surface area (Å²) < 4.78 is 5.46. The number of nitriles is 2. The number of β-amino-alcohol motifs (C(OH)–C–C–N with tert-alkyl or cyclic N) is 1. The number of rotatable bonds is 9. The van der Waals surface area contributed by atoms with Crippen molar-refractivity contribution in [2.45, 2.75) is 23.3 Å². The third kappa shape index (κ3) is 5.90. The molecule has 10 heteroatoms. The highest BCUT2D eigenvalue weighted by molar-refractivity contribution is 7.98. The molecule has 1 aliphatic heterocycles. The molecule has 1 fully saturated rings. The van der Waals surface area contributed by atoms with Crippen LogP contribution in [0, 0.1) is 22.7 Å². The second-order valence-corrected chi connectivity index (χ2v) is 9.61. The van der Waals surface area contributed by atoms with Crippen LogP contribution in [0.3, 0.4) is 0 Å². The second kappa shape index (κ2) is 12.4. The molecule has 3 aromatic rings. The Labute approximate surface area is 225 Å². The average Bonchev–Trinajstić information content (AvgIpc) is 3.39. The zero-order valence-electron chi connectivity index (χ0n) is 20.8. The van der Waals surface area contributed by atoms with Gasteiger partial charge in [-0.15, -0.1) is 11.8 Å². The van der Waals surface area contributed by atoms with E-state index in [9.17, 15) is 20.4 Å². The van der Waals surface area contributed by atoms with Crippen LogP contribution in [0.15, 0.2) is 53.6 Å². The second-order valence-electron chi connectivity index (χ2n) is 8.64. The standard InChI is InChI=1S/C28H27N5O4S/c1-31-27(36)20-4-2-3-18(13-20)17-38-28-24(15-30)25(19-5-7-22(8-6-19)37-12-11-34)23(14-29)26(32-28)33-10-9-21(35)16-33/h2-8,13,21,34-35H,9-12,16-17H2,1H3,(H,31,36). The summed E-state index contributed by atoms with van der Waals surface area (Å²) in [5.74, 6) is 1.26. The molecule has 9 nitrogen and oxygen atoms in total. The number of amides is 1. The highest BCUT2D eigenvalue weighted by Crippen LogP contribution is 2.39. The Bertz CT molecular complexity index is 1400. The van der Waals surface area contributed by atoms with Crippen molar-refractivity contribution >= 4 is 23.5 Å². The molecule has 1 unspecified atom stereocenters. The monoisotopic (exact) mass is 529 g/mol. The van der Waals surface area contributed by atoms with Gasteiger partial charge in [-0.3, -0.25) is 4.79 Å². The van der Waals surface area contributed by atoms with E-state index in [0.29, 0.717) is 58.5 Å². The van der Waals surface area contributed by atoms with Gasteiger partial charge < -0.3 is 25.2 Å². The Balaban J connectivity index is 1.78. The zero-order valence-corrected chi connectivity index (χ0v) is 21.7. The molecule has 0 bridgehead atoms. The van der Waals surface area contributed by atoms with Crippen LogP contribution in [0.5, 0.6) is 5.75 Å². The van der Waals surface area contributed by atoms with Crippen molar-refractivity contribution in [3.63, 3.8) is 0 Å². The number of hydrogen-bond acceptors (Lipinski definition) is 9. The lowest BCUT2D eigenvalue weighted by atomic mass is 9.96. The van der Waals surface area contributed by atoms with Crippen LogP contribution >= 0.6 is 11.8 Å². The Kier molecular flexibility index (Phi) is 8.82. The lowest BCUT2D eigenvalue weighted by molar-refractivity contribution is 0.0963. The fourth-order valence-electron chi connectivity index (χ4n) is 4.30. The molecule has 1 aliphatic rings. The molecule has 2 heterocycles. The molecule has 1 atom stereocenters. The first-order valence-electron chi connectivity index (χ1n) is 12.1. The molecule has 0 saturated carbocycles. The molecule has 0 radical (unpaired) electrons. The molecule has 1 amide bonds. The van der Waals surface area contributed by atoms with Gasteiger partial charge in [0.1, 0.15) is 40.9 Å². The van der Waals surface area contributed by atoms with Gasteiger partial charge in [-0.1, -0.05) is 24.3 Å². The molecule has 3 N–H and O–H groups in total. The fraction of sp³-hybridized carbons (Fsp3) is 0.286. The van der Waals surface area contributed by atoms with Crippen LogP contribution in [0.4, 0.5) is 5.82 Å². The van der Waals surface area contributed by atoms with Crippen LogP contribution in [0.1, 0.15) is 33.5 Å². The van der Waals surface area contributed by atoms with Gasteiger partial charge in [-0.2, -0.15) is 10.5 Å². The van der Waals surface area contributed by atoms with Gasteiger partial charge in [0.25, 0.3) is 5.91 Å². The molecule has 194 valence electrons. The van der Waals surface area contributed by atoms with Gasteiger partial charge in [0, 0.05) is 37.0 Å². The summed E-state index contributed by atoms with van der Waals surface area (Å²) in [5, 5.41) is 42.7. The number of thioether (sulfide) groups is 1. The predicted octanol–water partition coefficient (Wildman–Crippen LogP) is 3.09. The largest absolute Gasteiger partial charge is 0.491 e. The number of nitrogens with one attached hydrogen (secondary N) is 1. The van der Waals surface area contributed by atoms with Crippen molar-refractivity contribution in [2.24, 2.45) is 0 Å². The van der Waals surface area contributed by atoms with E-state index < -0.39 is 6.10 Å². The summed E-state index contributed by atoms with van der Waals surface area (Å²) in [6.45, 7) is 0.936. The number of ether oxygens (including phenoxy) is 1. The molecule has 2 aromatic carbocycles. The third-order valence-electron chi connectivity index (χ3n) is 6.13. The molecule has 0 aliphatic carbocycles. The summed E-state index contributed by atoms with van der Waals surface area (Å²) in [7, 11) is 1.58. The highest BCUT2D eigenvalue weighted by atomic mass is 32.2. The van der Waals surface area contributed by atoms with Crippen LogP contribution in [0.25, 0.3) is 11.1 Å². The molecule has 38 heavy (non-hydrogen) atoms. The number of aromatic nitrogens is 1. The van der Waals surface area contributed by atoms with E-state index in [0.717, 1.165) is 5.56 Å². The SMILES string of the molecule is CNC(=O)c1cccc(CSc2nc(N3CCC(O)C3)c(C#N)c(-c3ccc(OCCO)cc3)c2C#N)c1. The smallest absolute Gasteiger partial charge is 0.251 e. The maximum Gasteiger partial charge on any atom is 0.251 e. The number of hydrogen-bond donors (Lipinski definition) is 3. The van der Waals surface area contributed by atoms with Crippen molar-refractivity contribution in [1.82, 2.24) is 10.3 Å². The van der Waals surface area contributed by atoms with Crippen LogP contribution < -0.4 is 15.0 Å². The minimum Gasteiger partial charge on any atom is -0.491 e. The zero-order chi connectivity index (χ0) is 27.1. The van der Waals surface area contributed by atoms with Gasteiger partial charge >= 0.3 is 0 Å². The Hall–Kier alpha value is -4.09. The summed E-state index contributed by atoms with van der Waals surface area (Å²) in [5.41, 5.74) is 3.09. The number of nitrogens with zero attached hydrogens (tertiary/aromatic N) is 4. The molecule has 4 rings (SSSR count). The summed E-state index contributed by atoms with van der Waals surface area (Å²) in [4.78, 5) is 18.7. The van der Waals surface area contributed by atoms with E-state index in [4.69, 9.17) is 14.8 Å². The van der Waals surface area contributed by atoms with Crippen molar-refractivity contribution in [2.75, 3.05) is 38.3 Å². The third-order valence-corrected chi connectivity index (χ3v) is 7.17. The molecule has 1 saturated heterocycles. The number of anilines is 1. The van der Waals surface area contributed by atoms with E-state index >= 15 is 0 Å². The number of carbonyl (C=O) groups excluding carboxylic acids is 1. The van der Waals surface area contributed by atoms with Gasteiger partial charge in [0.05, 0.1) is 18.3 Å². The highest BCUT2D eigenvalue weighted by Gasteiger charge is 2.29. The molecular formula is C28H27N5O4S. The van der Waals surface area contributed by atoms with Crippen LogP contribution in [0.2, 0.25) is 0 Å². The van der Waals surface area contributed by atoms with Gasteiger partial charge in [0.2, 0.25) is 0 Å². The number of aliphatic hydroxyl groups excluding tert-OH is 2. The van der Waals surface area contributed by atoms with Crippen molar-refractivity contribution in [1.29, 1.82) is 10.5 Å². The molecule has 0 spiro atoms. The van der Waals surface area contributed by atoms with E-state index in [1.54, 1.807) is 49.5 Å². The first-order valence-corrected chi connectivity index (χ1v) is 13.1. The van der Waals surface area contributed by atoms with Crippen molar-refractivity contribution in [3.05, 3.63) is 70.8 Å². The lowest BCUT2D eigenvalue weighted by Crippen LogP contribution is -2.24. The first kappa shape index (κ1) is 27.0. The maximum absolute atomic E-state index is 12.1. The van der Waals surface area contributed by atoms with Crippen LogP contribution in [-0.2, 0) is 5.75 Å². The topological polar surface area (TPSA) is 142 Å². The van der Waals surface area contributed by atoms with E-state index in [2.05, 4.69) is 17.5 Å². The van der Waals surface area contributed by atoms with Crippen molar-refractivity contribution in [3.8, 4) is 29.0 Å². The molecular weight excluding hydrogens is 502 g/mol. The van der Waals surface area contributed by atoms with Gasteiger partial charge in [-0.25, -0.2) is 4.98 Å².